The van der Waals surface area contributed by atoms with Gasteiger partial charge in [-0.3, -0.25) is 0 Å². The number of hydrogen-bond acceptors (Lipinski definition) is 2. The van der Waals surface area contributed by atoms with Gasteiger partial charge >= 0.3 is 0 Å². The van der Waals surface area contributed by atoms with E-state index in [1.165, 1.54) is 12.1 Å². The fraction of sp³-hybridized carbons (Fsp3) is 0.222. The summed E-state index contributed by atoms with van der Waals surface area (Å²) in [5, 5.41) is 1.14. The molecule has 0 atom stereocenters. The van der Waals surface area contributed by atoms with Crippen LogP contribution in [0, 0.1) is 12.7 Å². The molecule has 24 heavy (non-hydrogen) atoms. The predicted molar refractivity (Wildman–Crippen MR) is 92.9 cm³/mol. The third kappa shape index (κ3) is 3.07. The topological polar surface area (TPSA) is 51.1 Å². The SMILES string of the molecule is Cc1c(CCNS(=O)(=O)c2ccc(F)cc2)c2ccccc2n1C. The predicted octanol–water partition coefficient (Wildman–Crippen LogP) is 3.15. The van der Waals surface area contributed by atoms with Crippen molar-refractivity contribution in [2.24, 2.45) is 7.05 Å². The van der Waals surface area contributed by atoms with Crippen LogP contribution in [0.25, 0.3) is 10.9 Å². The number of nitrogens with zero attached hydrogens (tertiary/aromatic N) is 1. The number of aromatic nitrogens is 1. The van der Waals surface area contributed by atoms with Crippen molar-refractivity contribution < 1.29 is 12.8 Å². The number of halogens is 1. The van der Waals surface area contributed by atoms with E-state index in [9.17, 15) is 12.8 Å². The zero-order chi connectivity index (χ0) is 17.3. The van der Waals surface area contributed by atoms with Crippen LogP contribution in [0.15, 0.2) is 53.4 Å². The maximum Gasteiger partial charge on any atom is 0.240 e. The number of sulfonamides is 1. The third-order valence-corrected chi connectivity index (χ3v) is 5.80. The molecule has 0 amide bonds. The standard InChI is InChI=1S/C18H19FN2O2S/c1-13-16(17-5-3-4-6-18(17)21(13)2)11-12-20-24(22,23)15-9-7-14(19)8-10-15/h3-10,20H,11-12H2,1-2H3. The average molecular weight is 346 g/mol. The minimum absolute atomic E-state index is 0.0681. The van der Waals surface area contributed by atoms with E-state index < -0.39 is 15.8 Å². The molecular formula is C18H19FN2O2S. The van der Waals surface area contributed by atoms with Crippen LogP contribution >= 0.6 is 0 Å². The van der Waals surface area contributed by atoms with Crippen molar-refractivity contribution in [2.45, 2.75) is 18.2 Å². The second-order valence-electron chi connectivity index (χ2n) is 5.74. The molecule has 0 saturated carbocycles. The molecule has 0 aliphatic carbocycles. The molecule has 1 heterocycles. The number of aryl methyl sites for hydroxylation is 1. The number of rotatable bonds is 5. The second kappa shape index (κ2) is 6.37. The van der Waals surface area contributed by atoms with Gasteiger partial charge in [-0.2, -0.15) is 0 Å². The Morgan fingerprint density at radius 3 is 2.46 bits per heavy atom. The first-order valence-corrected chi connectivity index (χ1v) is 9.16. The number of benzene rings is 2. The van der Waals surface area contributed by atoms with Gasteiger partial charge in [-0.05, 0) is 49.2 Å². The zero-order valence-electron chi connectivity index (χ0n) is 13.6. The van der Waals surface area contributed by atoms with Gasteiger partial charge in [0.15, 0.2) is 0 Å². The van der Waals surface area contributed by atoms with Gasteiger partial charge in [0.1, 0.15) is 5.82 Å². The van der Waals surface area contributed by atoms with Crippen LogP contribution in [0.2, 0.25) is 0 Å². The summed E-state index contributed by atoms with van der Waals surface area (Å²) in [4.78, 5) is 0.0681. The molecule has 0 radical (unpaired) electrons. The van der Waals surface area contributed by atoms with Gasteiger partial charge < -0.3 is 4.57 Å². The number of para-hydroxylation sites is 1. The summed E-state index contributed by atoms with van der Waals surface area (Å²) in [6.07, 6.45) is 0.591. The Kier molecular flexibility index (Phi) is 4.43. The molecule has 1 aromatic heterocycles. The van der Waals surface area contributed by atoms with Crippen LogP contribution in [0.1, 0.15) is 11.3 Å². The fourth-order valence-electron chi connectivity index (χ4n) is 2.92. The first kappa shape index (κ1) is 16.7. The Bertz CT molecular complexity index is 976. The Morgan fingerprint density at radius 2 is 1.75 bits per heavy atom. The largest absolute Gasteiger partial charge is 0.348 e. The quantitative estimate of drug-likeness (QED) is 0.772. The highest BCUT2D eigenvalue weighted by Gasteiger charge is 2.15. The van der Waals surface area contributed by atoms with E-state index in [0.29, 0.717) is 6.42 Å². The highest BCUT2D eigenvalue weighted by Crippen LogP contribution is 2.25. The first-order valence-electron chi connectivity index (χ1n) is 7.68. The summed E-state index contributed by atoms with van der Waals surface area (Å²) in [5.74, 6) is -0.458. The monoisotopic (exact) mass is 346 g/mol. The lowest BCUT2D eigenvalue weighted by molar-refractivity contribution is 0.580. The van der Waals surface area contributed by atoms with Gasteiger partial charge in [0.05, 0.1) is 4.90 Å². The van der Waals surface area contributed by atoms with Gasteiger partial charge in [0.25, 0.3) is 0 Å². The lowest BCUT2D eigenvalue weighted by Crippen LogP contribution is -2.26. The van der Waals surface area contributed by atoms with E-state index >= 15 is 0 Å². The minimum Gasteiger partial charge on any atom is -0.348 e. The molecule has 0 aliphatic heterocycles. The van der Waals surface area contributed by atoms with E-state index in [0.717, 1.165) is 34.3 Å². The lowest BCUT2D eigenvalue weighted by Gasteiger charge is -2.07. The Labute approximate surface area is 141 Å². The van der Waals surface area contributed by atoms with E-state index in [2.05, 4.69) is 15.4 Å². The van der Waals surface area contributed by atoms with Crippen LogP contribution in [-0.2, 0) is 23.5 Å². The summed E-state index contributed by atoms with van der Waals surface area (Å²) in [7, 11) is -1.63. The van der Waals surface area contributed by atoms with Crippen LogP contribution in [0.3, 0.4) is 0 Å². The molecule has 3 aromatic rings. The van der Waals surface area contributed by atoms with Gasteiger partial charge in [0, 0.05) is 30.2 Å². The van der Waals surface area contributed by atoms with E-state index in [1.54, 1.807) is 0 Å². The fourth-order valence-corrected chi connectivity index (χ4v) is 3.95. The molecule has 3 rings (SSSR count). The lowest BCUT2D eigenvalue weighted by atomic mass is 10.1. The molecule has 6 heteroatoms. The third-order valence-electron chi connectivity index (χ3n) is 4.32. The Balaban J connectivity index is 1.77. The molecule has 0 fully saturated rings. The van der Waals surface area contributed by atoms with Crippen molar-refractivity contribution in [3.8, 4) is 0 Å². The normalized spacial score (nSPS) is 12.0. The molecule has 2 aromatic carbocycles. The van der Waals surface area contributed by atoms with Gasteiger partial charge in [-0.25, -0.2) is 17.5 Å². The molecule has 0 aliphatic rings. The Hall–Kier alpha value is -2.18. The average Bonchev–Trinajstić information content (AvgIpc) is 2.80. The van der Waals surface area contributed by atoms with Crippen LogP contribution in [0.4, 0.5) is 4.39 Å². The van der Waals surface area contributed by atoms with Crippen LogP contribution in [-0.4, -0.2) is 19.5 Å². The molecule has 126 valence electrons. The highest BCUT2D eigenvalue weighted by atomic mass is 32.2. The van der Waals surface area contributed by atoms with Crippen LogP contribution in [0.5, 0.6) is 0 Å². The van der Waals surface area contributed by atoms with Gasteiger partial charge in [-0.1, -0.05) is 18.2 Å². The minimum atomic E-state index is -3.63. The van der Waals surface area contributed by atoms with Gasteiger partial charge in [0.2, 0.25) is 10.0 Å². The Morgan fingerprint density at radius 1 is 1.08 bits per heavy atom. The summed E-state index contributed by atoms with van der Waals surface area (Å²) in [6, 6.07) is 12.9. The van der Waals surface area contributed by atoms with E-state index in [4.69, 9.17) is 0 Å². The zero-order valence-corrected chi connectivity index (χ0v) is 14.4. The van der Waals surface area contributed by atoms with Crippen molar-refractivity contribution in [3.63, 3.8) is 0 Å². The molecule has 4 nitrogen and oxygen atoms in total. The second-order valence-corrected chi connectivity index (χ2v) is 7.51. The maximum atomic E-state index is 12.9. The summed E-state index contributed by atoms with van der Waals surface area (Å²) in [5.41, 5.74) is 3.39. The highest BCUT2D eigenvalue weighted by molar-refractivity contribution is 7.89. The summed E-state index contributed by atoms with van der Waals surface area (Å²) < 4.78 is 42.1. The summed E-state index contributed by atoms with van der Waals surface area (Å²) in [6.45, 7) is 2.32. The van der Waals surface area contributed by atoms with E-state index in [-0.39, 0.29) is 11.4 Å². The number of fused-ring (bicyclic) bond motifs is 1. The summed E-state index contributed by atoms with van der Waals surface area (Å²) >= 11 is 0. The van der Waals surface area contributed by atoms with Crippen molar-refractivity contribution in [1.82, 2.24) is 9.29 Å². The molecule has 0 spiro atoms. The van der Waals surface area contributed by atoms with Gasteiger partial charge in [-0.15, -0.1) is 0 Å². The first-order chi connectivity index (χ1) is 11.4. The molecule has 0 bridgehead atoms. The number of nitrogens with one attached hydrogen (secondary N) is 1. The maximum absolute atomic E-state index is 12.9. The van der Waals surface area contributed by atoms with Crippen molar-refractivity contribution in [3.05, 3.63) is 65.6 Å². The van der Waals surface area contributed by atoms with E-state index in [1.807, 2.05) is 32.2 Å². The molecule has 0 saturated heterocycles. The smallest absolute Gasteiger partial charge is 0.240 e. The van der Waals surface area contributed by atoms with Crippen molar-refractivity contribution in [1.29, 1.82) is 0 Å². The molecule has 1 N–H and O–H groups in total. The van der Waals surface area contributed by atoms with Crippen molar-refractivity contribution >= 4 is 20.9 Å². The molecule has 0 unspecified atom stereocenters. The molecular weight excluding hydrogens is 327 g/mol. The van der Waals surface area contributed by atoms with Crippen LogP contribution < -0.4 is 4.72 Å². The van der Waals surface area contributed by atoms with Crippen molar-refractivity contribution in [2.75, 3.05) is 6.54 Å². The number of hydrogen-bond donors (Lipinski definition) is 1.